The standard InChI is InChI=1S/C22H20ClN3O4S/c1-15(16-6-8-18(23)9-7-16)24-25-22(27)17-4-3-5-21(14-17)31(28,29)26-19-10-12-20(30-2)13-11-19/h3-14,26H,1-2H3,(H,25,27). The molecule has 0 spiro atoms. The van der Waals surface area contributed by atoms with Gasteiger partial charge in [-0.15, -0.1) is 0 Å². The summed E-state index contributed by atoms with van der Waals surface area (Å²) in [5, 5.41) is 4.67. The maximum absolute atomic E-state index is 12.7. The number of ether oxygens (including phenoxy) is 1. The molecule has 0 aliphatic heterocycles. The first-order chi connectivity index (χ1) is 14.8. The molecule has 0 radical (unpaired) electrons. The van der Waals surface area contributed by atoms with Crippen molar-refractivity contribution >= 4 is 38.9 Å². The van der Waals surface area contributed by atoms with Gasteiger partial charge in [-0.05, 0) is 67.1 Å². The first kappa shape index (κ1) is 22.3. The second kappa shape index (κ2) is 9.63. The van der Waals surface area contributed by atoms with Gasteiger partial charge in [0.1, 0.15) is 5.75 Å². The molecule has 3 aromatic rings. The number of benzene rings is 3. The largest absolute Gasteiger partial charge is 0.497 e. The molecule has 0 heterocycles. The number of sulfonamides is 1. The van der Waals surface area contributed by atoms with Crippen LogP contribution in [0.2, 0.25) is 5.02 Å². The Hall–Kier alpha value is -3.36. The predicted molar refractivity (Wildman–Crippen MR) is 121 cm³/mol. The molecule has 0 bridgehead atoms. The minimum atomic E-state index is -3.89. The van der Waals surface area contributed by atoms with Crippen molar-refractivity contribution in [3.63, 3.8) is 0 Å². The molecule has 160 valence electrons. The molecule has 7 nitrogen and oxygen atoms in total. The molecule has 3 rings (SSSR count). The lowest BCUT2D eigenvalue weighted by atomic mass is 10.1. The van der Waals surface area contributed by atoms with E-state index in [1.165, 1.54) is 31.4 Å². The third kappa shape index (κ3) is 5.84. The smallest absolute Gasteiger partial charge is 0.271 e. The number of halogens is 1. The minimum absolute atomic E-state index is 0.0469. The molecule has 0 aromatic heterocycles. The molecule has 2 N–H and O–H groups in total. The van der Waals surface area contributed by atoms with Gasteiger partial charge < -0.3 is 4.74 Å². The molecule has 31 heavy (non-hydrogen) atoms. The summed E-state index contributed by atoms with van der Waals surface area (Å²) < 4.78 is 32.9. The van der Waals surface area contributed by atoms with Crippen LogP contribution >= 0.6 is 11.6 Å². The van der Waals surface area contributed by atoms with E-state index >= 15 is 0 Å². The van der Waals surface area contributed by atoms with Crippen LogP contribution in [-0.2, 0) is 10.0 Å². The van der Waals surface area contributed by atoms with Crippen molar-refractivity contribution in [1.82, 2.24) is 5.43 Å². The van der Waals surface area contributed by atoms with Gasteiger partial charge in [0.2, 0.25) is 0 Å². The van der Waals surface area contributed by atoms with Crippen LogP contribution in [0.1, 0.15) is 22.8 Å². The van der Waals surface area contributed by atoms with E-state index in [4.69, 9.17) is 16.3 Å². The Labute approximate surface area is 185 Å². The quantitative estimate of drug-likeness (QED) is 0.408. The SMILES string of the molecule is COc1ccc(NS(=O)(=O)c2cccc(C(=O)NN=C(C)c3ccc(Cl)cc3)c2)cc1. The van der Waals surface area contributed by atoms with Crippen LogP contribution in [0.4, 0.5) is 5.69 Å². The van der Waals surface area contributed by atoms with Crippen LogP contribution in [0.3, 0.4) is 0 Å². The molecule has 0 saturated carbocycles. The van der Waals surface area contributed by atoms with Crippen LogP contribution in [0.5, 0.6) is 5.75 Å². The van der Waals surface area contributed by atoms with Gasteiger partial charge in [0.25, 0.3) is 15.9 Å². The number of hydrazone groups is 1. The fourth-order valence-corrected chi connectivity index (χ4v) is 3.86. The molecule has 1 amide bonds. The number of nitrogens with one attached hydrogen (secondary N) is 2. The lowest BCUT2D eigenvalue weighted by Crippen LogP contribution is -2.20. The van der Waals surface area contributed by atoms with Gasteiger partial charge >= 0.3 is 0 Å². The Bertz CT molecular complexity index is 1210. The summed E-state index contributed by atoms with van der Waals surface area (Å²) >= 11 is 5.87. The zero-order valence-corrected chi connectivity index (χ0v) is 18.4. The highest BCUT2D eigenvalue weighted by Gasteiger charge is 2.16. The molecule has 0 fully saturated rings. The van der Waals surface area contributed by atoms with Crippen molar-refractivity contribution in [2.75, 3.05) is 11.8 Å². The Balaban J connectivity index is 1.74. The molecular formula is C22H20ClN3O4S. The maximum Gasteiger partial charge on any atom is 0.271 e. The predicted octanol–water partition coefficient (Wildman–Crippen LogP) is 4.30. The summed E-state index contributed by atoms with van der Waals surface area (Å²) in [7, 11) is -2.36. The fraction of sp³-hybridized carbons (Fsp3) is 0.0909. The first-order valence-electron chi connectivity index (χ1n) is 9.16. The molecular weight excluding hydrogens is 438 g/mol. The number of anilines is 1. The third-order valence-electron chi connectivity index (χ3n) is 4.34. The number of carbonyl (C=O) groups excluding carboxylic acids is 1. The number of rotatable bonds is 7. The Morgan fingerprint density at radius 1 is 0.968 bits per heavy atom. The number of hydrogen-bond acceptors (Lipinski definition) is 5. The highest BCUT2D eigenvalue weighted by molar-refractivity contribution is 7.92. The summed E-state index contributed by atoms with van der Waals surface area (Å²) in [6, 6.07) is 19.2. The number of hydrogen-bond donors (Lipinski definition) is 2. The highest BCUT2D eigenvalue weighted by atomic mass is 35.5. The summed E-state index contributed by atoms with van der Waals surface area (Å²) in [5.74, 6) is 0.0749. The van der Waals surface area contributed by atoms with E-state index in [0.29, 0.717) is 22.2 Å². The molecule has 0 aliphatic carbocycles. The van der Waals surface area contributed by atoms with Gasteiger partial charge in [-0.2, -0.15) is 5.10 Å². The molecule has 3 aromatic carbocycles. The average molecular weight is 458 g/mol. The van der Waals surface area contributed by atoms with E-state index < -0.39 is 15.9 Å². The normalized spacial score (nSPS) is 11.6. The summed E-state index contributed by atoms with van der Waals surface area (Å²) in [5.41, 5.74) is 4.35. The van der Waals surface area contributed by atoms with E-state index in [0.717, 1.165) is 5.56 Å². The third-order valence-corrected chi connectivity index (χ3v) is 5.97. The van der Waals surface area contributed by atoms with Gasteiger partial charge in [-0.3, -0.25) is 9.52 Å². The Kier molecular flexibility index (Phi) is 6.94. The molecule has 0 saturated heterocycles. The van der Waals surface area contributed by atoms with E-state index in [1.54, 1.807) is 55.5 Å². The zero-order chi connectivity index (χ0) is 22.4. The monoisotopic (exact) mass is 457 g/mol. The van der Waals surface area contributed by atoms with Gasteiger partial charge in [0, 0.05) is 16.3 Å². The first-order valence-corrected chi connectivity index (χ1v) is 11.0. The van der Waals surface area contributed by atoms with Crippen molar-refractivity contribution in [2.45, 2.75) is 11.8 Å². The van der Waals surface area contributed by atoms with Crippen molar-refractivity contribution in [3.05, 3.63) is 88.9 Å². The van der Waals surface area contributed by atoms with E-state index in [-0.39, 0.29) is 10.5 Å². The topological polar surface area (TPSA) is 96.9 Å². The van der Waals surface area contributed by atoms with Gasteiger partial charge in [0.15, 0.2) is 0 Å². The Morgan fingerprint density at radius 2 is 1.65 bits per heavy atom. The van der Waals surface area contributed by atoms with Crippen molar-refractivity contribution in [2.24, 2.45) is 5.10 Å². The van der Waals surface area contributed by atoms with Crippen molar-refractivity contribution in [3.8, 4) is 5.75 Å². The van der Waals surface area contributed by atoms with E-state index in [2.05, 4.69) is 15.2 Å². The van der Waals surface area contributed by atoms with Crippen LogP contribution in [0.25, 0.3) is 0 Å². The van der Waals surface area contributed by atoms with E-state index in [9.17, 15) is 13.2 Å². The molecule has 0 atom stereocenters. The van der Waals surface area contributed by atoms with Gasteiger partial charge in [-0.25, -0.2) is 13.8 Å². The molecule has 0 aliphatic rings. The van der Waals surface area contributed by atoms with Crippen LogP contribution in [0, 0.1) is 0 Å². The number of amides is 1. The lowest BCUT2D eigenvalue weighted by Gasteiger charge is -2.10. The van der Waals surface area contributed by atoms with Crippen molar-refractivity contribution in [1.29, 1.82) is 0 Å². The van der Waals surface area contributed by atoms with Crippen molar-refractivity contribution < 1.29 is 17.9 Å². The van der Waals surface area contributed by atoms with Crippen LogP contribution < -0.4 is 14.9 Å². The van der Waals surface area contributed by atoms with Crippen LogP contribution in [0.15, 0.2) is 82.8 Å². The van der Waals surface area contributed by atoms with Crippen LogP contribution in [-0.4, -0.2) is 27.1 Å². The second-order valence-corrected chi connectivity index (χ2v) is 8.63. The molecule has 9 heteroatoms. The fourth-order valence-electron chi connectivity index (χ4n) is 2.63. The van der Waals surface area contributed by atoms with E-state index in [1.807, 2.05) is 0 Å². The zero-order valence-electron chi connectivity index (χ0n) is 16.8. The molecule has 0 unspecified atom stereocenters. The minimum Gasteiger partial charge on any atom is -0.497 e. The summed E-state index contributed by atoms with van der Waals surface area (Å²) in [6.45, 7) is 1.74. The summed E-state index contributed by atoms with van der Waals surface area (Å²) in [4.78, 5) is 12.4. The van der Waals surface area contributed by atoms with Gasteiger partial charge in [-0.1, -0.05) is 29.8 Å². The number of methoxy groups -OCH3 is 1. The lowest BCUT2D eigenvalue weighted by molar-refractivity contribution is 0.0954. The number of carbonyl (C=O) groups is 1. The Morgan fingerprint density at radius 3 is 2.29 bits per heavy atom. The average Bonchev–Trinajstić information content (AvgIpc) is 2.78. The van der Waals surface area contributed by atoms with Gasteiger partial charge in [0.05, 0.1) is 17.7 Å². The second-order valence-electron chi connectivity index (χ2n) is 6.51. The number of nitrogens with zero attached hydrogens (tertiary/aromatic N) is 1. The maximum atomic E-state index is 12.7. The summed E-state index contributed by atoms with van der Waals surface area (Å²) in [6.07, 6.45) is 0. The highest BCUT2D eigenvalue weighted by Crippen LogP contribution is 2.20.